The van der Waals surface area contributed by atoms with E-state index in [0.717, 1.165) is 0 Å². The van der Waals surface area contributed by atoms with Gasteiger partial charge in [-0.05, 0) is 49.2 Å². The molecule has 1 aliphatic rings. The van der Waals surface area contributed by atoms with Gasteiger partial charge in [0.05, 0.1) is 17.7 Å². The zero-order chi connectivity index (χ0) is 21.7. The molecular weight excluding hydrogens is 406 g/mol. The van der Waals surface area contributed by atoms with Gasteiger partial charge in [0, 0.05) is 30.6 Å². The fraction of sp³-hybridized carbons (Fsp3) is 0.429. The summed E-state index contributed by atoms with van der Waals surface area (Å²) in [6, 6.07) is 9.16. The maximum atomic E-state index is 12.5. The summed E-state index contributed by atoms with van der Waals surface area (Å²) in [6.45, 7) is 5.07. The number of hydrogen-bond donors (Lipinski definition) is 2. The van der Waals surface area contributed by atoms with Crippen molar-refractivity contribution in [2.45, 2.75) is 44.2 Å². The van der Waals surface area contributed by atoms with Crippen LogP contribution in [0, 0.1) is 5.92 Å². The number of carbonyl (C=O) groups excluding carboxylic acids is 2. The molecule has 0 radical (unpaired) electrons. The number of amides is 2. The number of furan rings is 1. The molecule has 3 rings (SSSR count). The number of hydrogen-bond acceptors (Lipinski definition) is 5. The van der Waals surface area contributed by atoms with E-state index in [9.17, 15) is 18.0 Å². The van der Waals surface area contributed by atoms with Crippen LogP contribution >= 0.6 is 0 Å². The Morgan fingerprint density at radius 2 is 1.80 bits per heavy atom. The summed E-state index contributed by atoms with van der Waals surface area (Å²) < 4.78 is 32.3. The molecule has 0 saturated carbocycles. The molecule has 162 valence electrons. The molecule has 8 nitrogen and oxygen atoms in total. The van der Waals surface area contributed by atoms with E-state index in [4.69, 9.17) is 4.42 Å². The molecule has 1 aromatic heterocycles. The summed E-state index contributed by atoms with van der Waals surface area (Å²) in [5, 5.41) is 2.97. The van der Waals surface area contributed by atoms with Gasteiger partial charge in [0.2, 0.25) is 15.9 Å². The first kappa shape index (κ1) is 22.0. The Labute approximate surface area is 176 Å². The number of sulfonamides is 1. The molecule has 0 spiro atoms. The summed E-state index contributed by atoms with van der Waals surface area (Å²) in [7, 11) is -3.71. The molecule has 30 heavy (non-hydrogen) atoms. The first-order valence-corrected chi connectivity index (χ1v) is 11.5. The Balaban J connectivity index is 1.53. The van der Waals surface area contributed by atoms with Gasteiger partial charge in [-0.25, -0.2) is 13.1 Å². The molecule has 1 saturated heterocycles. The summed E-state index contributed by atoms with van der Waals surface area (Å²) in [5.41, 5.74) is 0.390. The third-order valence-electron chi connectivity index (χ3n) is 5.08. The van der Waals surface area contributed by atoms with E-state index < -0.39 is 10.0 Å². The van der Waals surface area contributed by atoms with Crippen LogP contribution < -0.4 is 10.0 Å². The topological polar surface area (TPSA) is 109 Å². The van der Waals surface area contributed by atoms with Gasteiger partial charge in [-0.15, -0.1) is 0 Å². The highest BCUT2D eigenvalue weighted by atomic mass is 32.2. The second-order valence-corrected chi connectivity index (χ2v) is 9.42. The number of carbonyl (C=O) groups is 2. The molecule has 2 N–H and O–H groups in total. The van der Waals surface area contributed by atoms with Gasteiger partial charge in [-0.2, -0.15) is 0 Å². The van der Waals surface area contributed by atoms with Crippen LogP contribution in [0.4, 0.5) is 0 Å². The zero-order valence-corrected chi connectivity index (χ0v) is 17.9. The van der Waals surface area contributed by atoms with E-state index in [2.05, 4.69) is 10.0 Å². The van der Waals surface area contributed by atoms with Gasteiger partial charge in [0.15, 0.2) is 0 Å². The molecule has 2 aromatic rings. The van der Waals surface area contributed by atoms with E-state index in [1.807, 2.05) is 18.7 Å². The molecule has 1 fully saturated rings. The third kappa shape index (κ3) is 5.48. The predicted molar refractivity (Wildman–Crippen MR) is 111 cm³/mol. The highest BCUT2D eigenvalue weighted by molar-refractivity contribution is 7.89. The number of nitrogens with zero attached hydrogens (tertiary/aromatic N) is 1. The van der Waals surface area contributed by atoms with Crippen molar-refractivity contribution in [1.29, 1.82) is 0 Å². The molecule has 0 bridgehead atoms. The van der Waals surface area contributed by atoms with Gasteiger partial charge in [0.25, 0.3) is 5.91 Å². The van der Waals surface area contributed by atoms with Crippen LogP contribution in [-0.2, 0) is 21.4 Å². The van der Waals surface area contributed by atoms with Crippen molar-refractivity contribution in [3.63, 3.8) is 0 Å². The van der Waals surface area contributed by atoms with Crippen LogP contribution in [-0.4, -0.2) is 44.3 Å². The smallest absolute Gasteiger partial charge is 0.251 e. The average Bonchev–Trinajstić information content (AvgIpc) is 3.26. The highest BCUT2D eigenvalue weighted by Gasteiger charge is 2.25. The van der Waals surface area contributed by atoms with Crippen molar-refractivity contribution >= 4 is 21.8 Å². The first-order chi connectivity index (χ1) is 14.3. The minimum absolute atomic E-state index is 0.00733. The summed E-state index contributed by atoms with van der Waals surface area (Å²) in [4.78, 5) is 26.5. The molecule has 2 heterocycles. The van der Waals surface area contributed by atoms with Crippen LogP contribution in [0.1, 0.15) is 42.8 Å². The lowest BCUT2D eigenvalue weighted by molar-refractivity contribution is -0.135. The fourth-order valence-electron chi connectivity index (χ4n) is 3.33. The predicted octanol–water partition coefficient (Wildman–Crippen LogP) is 2.13. The SMILES string of the molecule is CC(C)C(=O)N1CCC(NC(=O)c2ccc(S(=O)(=O)NCc3ccco3)cc2)CC1. The van der Waals surface area contributed by atoms with Gasteiger partial charge >= 0.3 is 0 Å². The Hall–Kier alpha value is -2.65. The summed E-state index contributed by atoms with van der Waals surface area (Å²) >= 11 is 0. The molecular formula is C21H27N3O5S. The second kappa shape index (κ2) is 9.44. The van der Waals surface area contributed by atoms with Crippen LogP contribution in [0.2, 0.25) is 0 Å². The van der Waals surface area contributed by atoms with E-state index in [-0.39, 0.29) is 35.2 Å². The Morgan fingerprint density at radius 3 is 2.37 bits per heavy atom. The van der Waals surface area contributed by atoms with Crippen LogP contribution in [0.25, 0.3) is 0 Å². The van der Waals surface area contributed by atoms with Crippen molar-refractivity contribution in [3.05, 3.63) is 54.0 Å². The number of benzene rings is 1. The molecule has 9 heteroatoms. The monoisotopic (exact) mass is 433 g/mol. The minimum Gasteiger partial charge on any atom is -0.468 e. The van der Waals surface area contributed by atoms with Crippen molar-refractivity contribution < 1.29 is 22.4 Å². The van der Waals surface area contributed by atoms with E-state index in [1.165, 1.54) is 30.5 Å². The Kier molecular flexibility index (Phi) is 6.94. The number of piperidine rings is 1. The lowest BCUT2D eigenvalue weighted by atomic mass is 10.0. The number of likely N-dealkylation sites (tertiary alicyclic amines) is 1. The number of nitrogens with one attached hydrogen (secondary N) is 2. The molecule has 2 amide bonds. The molecule has 1 aromatic carbocycles. The van der Waals surface area contributed by atoms with Crippen molar-refractivity contribution in [3.8, 4) is 0 Å². The van der Waals surface area contributed by atoms with Gasteiger partial charge in [-0.1, -0.05) is 13.8 Å². The van der Waals surface area contributed by atoms with E-state index >= 15 is 0 Å². The largest absolute Gasteiger partial charge is 0.468 e. The third-order valence-corrected chi connectivity index (χ3v) is 6.50. The lowest BCUT2D eigenvalue weighted by Crippen LogP contribution is -2.47. The molecule has 0 unspecified atom stereocenters. The number of rotatable bonds is 7. The van der Waals surface area contributed by atoms with Crippen LogP contribution in [0.15, 0.2) is 52.0 Å². The zero-order valence-electron chi connectivity index (χ0n) is 17.1. The van der Waals surface area contributed by atoms with Crippen molar-refractivity contribution in [2.24, 2.45) is 5.92 Å². The minimum atomic E-state index is -3.71. The highest BCUT2D eigenvalue weighted by Crippen LogP contribution is 2.15. The van der Waals surface area contributed by atoms with Crippen molar-refractivity contribution in [1.82, 2.24) is 14.9 Å². The standard InChI is InChI=1S/C21H27N3O5S/c1-15(2)21(26)24-11-9-17(10-12-24)23-20(25)16-5-7-19(8-6-16)30(27,28)22-14-18-4-3-13-29-18/h3-8,13,15,17,22H,9-12,14H2,1-2H3,(H,23,25). The second-order valence-electron chi connectivity index (χ2n) is 7.66. The summed E-state index contributed by atoms with van der Waals surface area (Å²) in [5.74, 6) is 0.364. The summed E-state index contributed by atoms with van der Waals surface area (Å²) in [6.07, 6.45) is 2.88. The van der Waals surface area contributed by atoms with Gasteiger partial charge in [0.1, 0.15) is 5.76 Å². The van der Waals surface area contributed by atoms with Gasteiger partial charge < -0.3 is 14.6 Å². The Bertz CT molecular complexity index is 961. The molecule has 0 atom stereocenters. The fourth-order valence-corrected chi connectivity index (χ4v) is 4.32. The van der Waals surface area contributed by atoms with Crippen LogP contribution in [0.3, 0.4) is 0 Å². The average molecular weight is 434 g/mol. The maximum absolute atomic E-state index is 12.5. The first-order valence-electron chi connectivity index (χ1n) is 9.98. The van der Waals surface area contributed by atoms with Crippen LogP contribution in [0.5, 0.6) is 0 Å². The quantitative estimate of drug-likeness (QED) is 0.695. The van der Waals surface area contributed by atoms with E-state index in [0.29, 0.717) is 37.3 Å². The van der Waals surface area contributed by atoms with Gasteiger partial charge in [-0.3, -0.25) is 9.59 Å². The lowest BCUT2D eigenvalue weighted by Gasteiger charge is -2.33. The van der Waals surface area contributed by atoms with E-state index in [1.54, 1.807) is 12.1 Å². The molecule has 0 aliphatic carbocycles. The van der Waals surface area contributed by atoms with Crippen molar-refractivity contribution in [2.75, 3.05) is 13.1 Å². The molecule has 1 aliphatic heterocycles. The maximum Gasteiger partial charge on any atom is 0.251 e. The normalized spacial score (nSPS) is 15.4. The Morgan fingerprint density at radius 1 is 1.13 bits per heavy atom.